The van der Waals surface area contributed by atoms with Gasteiger partial charge in [0.05, 0.1) is 11.4 Å². The van der Waals surface area contributed by atoms with E-state index >= 15 is 0 Å². The number of hydrogen-bond acceptors (Lipinski definition) is 3. The van der Waals surface area contributed by atoms with E-state index in [0.717, 1.165) is 17.9 Å². The molecule has 0 spiro atoms. The third-order valence-corrected chi connectivity index (χ3v) is 3.63. The second-order valence-electron chi connectivity index (χ2n) is 3.95. The summed E-state index contributed by atoms with van der Waals surface area (Å²) in [5.74, 6) is 2.41. The third kappa shape index (κ3) is 3.53. The van der Waals surface area contributed by atoms with Crippen molar-refractivity contribution >= 4 is 17.4 Å². The molecule has 0 bridgehead atoms. The summed E-state index contributed by atoms with van der Waals surface area (Å²) in [7, 11) is 0. The summed E-state index contributed by atoms with van der Waals surface area (Å²) in [6, 6.07) is 10.2. The molecule has 0 aliphatic carbocycles. The molecule has 3 nitrogen and oxygen atoms in total. The van der Waals surface area contributed by atoms with Crippen molar-refractivity contribution in [3.63, 3.8) is 0 Å². The van der Waals surface area contributed by atoms with E-state index in [-0.39, 0.29) is 0 Å². The lowest BCUT2D eigenvalue weighted by Gasteiger charge is -2.11. The highest BCUT2D eigenvalue weighted by Crippen LogP contribution is 2.18. The van der Waals surface area contributed by atoms with Crippen LogP contribution in [0.5, 0.6) is 0 Å². The van der Waals surface area contributed by atoms with Crippen LogP contribution in [0.4, 0.5) is 5.69 Å². The third-order valence-electron chi connectivity index (χ3n) is 2.64. The first-order valence-electron chi connectivity index (χ1n) is 6.32. The highest BCUT2D eigenvalue weighted by molar-refractivity contribution is 7.99. The van der Waals surface area contributed by atoms with Crippen LogP contribution in [-0.4, -0.2) is 27.8 Å². The standard InChI is InChI=1S/C14H19N3S/c1-2-18-12-6-9-15-13-7-3-4-8-14(13)17-11-5-10-16-17/h3-5,7-8,10-11,15H,2,6,9,12H2,1H3. The van der Waals surface area contributed by atoms with Gasteiger partial charge in [0.15, 0.2) is 0 Å². The summed E-state index contributed by atoms with van der Waals surface area (Å²) < 4.78 is 1.89. The lowest BCUT2D eigenvalue weighted by atomic mass is 10.2. The fourth-order valence-electron chi connectivity index (χ4n) is 1.78. The highest BCUT2D eigenvalue weighted by Gasteiger charge is 2.02. The number of benzene rings is 1. The Bertz CT molecular complexity index is 454. The van der Waals surface area contributed by atoms with Crippen molar-refractivity contribution in [3.05, 3.63) is 42.7 Å². The summed E-state index contributed by atoms with van der Waals surface area (Å²) in [6.45, 7) is 3.20. The van der Waals surface area contributed by atoms with Gasteiger partial charge in [-0.25, -0.2) is 4.68 Å². The van der Waals surface area contributed by atoms with Crippen LogP contribution in [0.2, 0.25) is 0 Å². The van der Waals surface area contributed by atoms with Gasteiger partial charge < -0.3 is 5.32 Å². The number of para-hydroxylation sites is 2. The number of thioether (sulfide) groups is 1. The molecule has 1 N–H and O–H groups in total. The first-order valence-corrected chi connectivity index (χ1v) is 7.48. The van der Waals surface area contributed by atoms with E-state index < -0.39 is 0 Å². The number of nitrogens with one attached hydrogen (secondary N) is 1. The zero-order chi connectivity index (χ0) is 12.6. The predicted octanol–water partition coefficient (Wildman–Crippen LogP) is 3.43. The van der Waals surface area contributed by atoms with Gasteiger partial charge in [0, 0.05) is 18.9 Å². The Balaban J connectivity index is 1.96. The molecule has 0 radical (unpaired) electrons. The minimum absolute atomic E-state index is 1.01. The molecule has 18 heavy (non-hydrogen) atoms. The maximum absolute atomic E-state index is 4.28. The van der Waals surface area contributed by atoms with Crippen LogP contribution in [0.3, 0.4) is 0 Å². The van der Waals surface area contributed by atoms with Gasteiger partial charge in [0.25, 0.3) is 0 Å². The van der Waals surface area contributed by atoms with Crippen LogP contribution in [0, 0.1) is 0 Å². The van der Waals surface area contributed by atoms with Crippen LogP contribution in [-0.2, 0) is 0 Å². The van der Waals surface area contributed by atoms with Gasteiger partial charge in [0.1, 0.15) is 0 Å². The Labute approximate surface area is 113 Å². The molecule has 0 saturated heterocycles. The molecule has 2 aromatic rings. The highest BCUT2D eigenvalue weighted by atomic mass is 32.2. The molecular formula is C14H19N3S. The van der Waals surface area contributed by atoms with Gasteiger partial charge >= 0.3 is 0 Å². The first-order chi connectivity index (χ1) is 8.92. The molecule has 0 unspecified atom stereocenters. The molecule has 1 heterocycles. The van der Waals surface area contributed by atoms with E-state index in [1.165, 1.54) is 17.9 Å². The lowest BCUT2D eigenvalue weighted by Crippen LogP contribution is -2.06. The summed E-state index contributed by atoms with van der Waals surface area (Å²) in [6.07, 6.45) is 4.95. The topological polar surface area (TPSA) is 29.9 Å². The van der Waals surface area contributed by atoms with Crippen LogP contribution in [0.25, 0.3) is 5.69 Å². The second kappa shape index (κ2) is 7.11. The fourth-order valence-corrected chi connectivity index (χ4v) is 2.41. The van der Waals surface area contributed by atoms with Crippen LogP contribution in [0.15, 0.2) is 42.7 Å². The molecule has 0 fully saturated rings. The van der Waals surface area contributed by atoms with E-state index in [0.29, 0.717) is 0 Å². The molecule has 0 atom stereocenters. The minimum Gasteiger partial charge on any atom is -0.383 e. The molecule has 0 aliphatic rings. The lowest BCUT2D eigenvalue weighted by molar-refractivity contribution is 0.877. The Morgan fingerprint density at radius 1 is 1.28 bits per heavy atom. The molecule has 1 aromatic heterocycles. The maximum atomic E-state index is 4.28. The van der Waals surface area contributed by atoms with Gasteiger partial charge in [0.2, 0.25) is 0 Å². The molecule has 0 amide bonds. The Kier molecular flexibility index (Phi) is 5.15. The molecule has 1 aromatic carbocycles. The fraction of sp³-hybridized carbons (Fsp3) is 0.357. The number of nitrogens with zero attached hydrogens (tertiary/aromatic N) is 2. The van der Waals surface area contributed by atoms with Gasteiger partial charge in [-0.05, 0) is 36.1 Å². The van der Waals surface area contributed by atoms with Crippen molar-refractivity contribution in [1.82, 2.24) is 9.78 Å². The van der Waals surface area contributed by atoms with E-state index in [1.54, 1.807) is 6.20 Å². The van der Waals surface area contributed by atoms with Crippen molar-refractivity contribution in [2.24, 2.45) is 0 Å². The number of hydrogen-bond donors (Lipinski definition) is 1. The largest absolute Gasteiger partial charge is 0.383 e. The monoisotopic (exact) mass is 261 g/mol. The van der Waals surface area contributed by atoms with Crippen molar-refractivity contribution < 1.29 is 0 Å². The number of aromatic nitrogens is 2. The van der Waals surface area contributed by atoms with Crippen molar-refractivity contribution in [1.29, 1.82) is 0 Å². The van der Waals surface area contributed by atoms with Gasteiger partial charge in [-0.2, -0.15) is 16.9 Å². The minimum atomic E-state index is 1.01. The van der Waals surface area contributed by atoms with E-state index in [1.807, 2.05) is 34.8 Å². The quantitative estimate of drug-likeness (QED) is 0.774. The van der Waals surface area contributed by atoms with Gasteiger partial charge in [-0.15, -0.1) is 0 Å². The molecule has 4 heteroatoms. The van der Waals surface area contributed by atoms with Crippen molar-refractivity contribution in [3.8, 4) is 5.69 Å². The average molecular weight is 261 g/mol. The maximum Gasteiger partial charge on any atom is 0.0876 e. The summed E-state index contributed by atoms with van der Waals surface area (Å²) in [4.78, 5) is 0. The van der Waals surface area contributed by atoms with Crippen molar-refractivity contribution in [2.75, 3.05) is 23.4 Å². The molecule has 2 rings (SSSR count). The SMILES string of the molecule is CCSCCCNc1ccccc1-n1cccn1. The Hall–Kier alpha value is -1.42. The zero-order valence-corrected chi connectivity index (χ0v) is 11.5. The zero-order valence-electron chi connectivity index (χ0n) is 10.7. The normalized spacial score (nSPS) is 10.5. The number of rotatable bonds is 7. The average Bonchev–Trinajstić information content (AvgIpc) is 2.93. The molecular weight excluding hydrogens is 242 g/mol. The molecule has 0 aliphatic heterocycles. The van der Waals surface area contributed by atoms with Crippen LogP contribution >= 0.6 is 11.8 Å². The van der Waals surface area contributed by atoms with Gasteiger partial charge in [-0.1, -0.05) is 19.1 Å². The number of anilines is 1. The smallest absolute Gasteiger partial charge is 0.0876 e. The predicted molar refractivity (Wildman–Crippen MR) is 79.7 cm³/mol. The molecule has 96 valence electrons. The van der Waals surface area contributed by atoms with E-state index in [9.17, 15) is 0 Å². The van der Waals surface area contributed by atoms with E-state index in [2.05, 4.69) is 35.5 Å². The van der Waals surface area contributed by atoms with Crippen molar-refractivity contribution in [2.45, 2.75) is 13.3 Å². The summed E-state index contributed by atoms with van der Waals surface area (Å²) >= 11 is 1.99. The Morgan fingerprint density at radius 2 is 2.17 bits per heavy atom. The second-order valence-corrected chi connectivity index (χ2v) is 5.34. The first kappa shape index (κ1) is 13.0. The summed E-state index contributed by atoms with van der Waals surface area (Å²) in [5.41, 5.74) is 2.24. The van der Waals surface area contributed by atoms with Gasteiger partial charge in [-0.3, -0.25) is 0 Å². The summed E-state index contributed by atoms with van der Waals surface area (Å²) in [5, 5.41) is 7.76. The van der Waals surface area contributed by atoms with E-state index in [4.69, 9.17) is 0 Å². The molecule has 0 saturated carbocycles. The van der Waals surface area contributed by atoms with Crippen LogP contribution < -0.4 is 5.32 Å². The Morgan fingerprint density at radius 3 is 2.94 bits per heavy atom. The van der Waals surface area contributed by atoms with Crippen LogP contribution in [0.1, 0.15) is 13.3 Å².